The topological polar surface area (TPSA) is 46.9 Å². The molecule has 0 saturated heterocycles. The van der Waals surface area contributed by atoms with Crippen molar-refractivity contribution in [2.45, 2.75) is 6.92 Å². The van der Waals surface area contributed by atoms with Crippen LogP contribution in [-0.2, 0) is 11.8 Å². The molecule has 1 N–H and O–H groups in total. The molecule has 1 aromatic carbocycles. The fraction of sp³-hybridized carbons (Fsp3) is 0.200. The number of anilines is 1. The zero-order chi connectivity index (χ0) is 11.0. The quantitative estimate of drug-likeness (QED) is 0.806. The van der Waals surface area contributed by atoms with Gasteiger partial charge in [0.2, 0.25) is 5.91 Å². The lowest BCUT2D eigenvalue weighted by Gasteiger charge is -2.05. The molecule has 0 unspecified atom stereocenters. The van der Waals surface area contributed by atoms with E-state index < -0.39 is 0 Å². The minimum absolute atomic E-state index is 0.139. The molecule has 0 spiro atoms. The summed E-state index contributed by atoms with van der Waals surface area (Å²) in [5.74, 6) is -0.139. The van der Waals surface area contributed by atoms with Crippen LogP contribution in [0.4, 0.5) is 5.69 Å². The number of benzene rings is 1. The molecule has 2 aromatic rings. The number of aromatic nitrogens is 2. The van der Waals surface area contributed by atoms with Crippen LogP contribution in [0.15, 0.2) is 18.3 Å². The highest BCUT2D eigenvalue weighted by molar-refractivity contribution is 6.38. The largest absolute Gasteiger partial charge is 0.325 e. The Bertz CT molecular complexity index is 533. The highest BCUT2D eigenvalue weighted by Crippen LogP contribution is 2.30. The number of nitrogens with one attached hydrogen (secondary N) is 1. The van der Waals surface area contributed by atoms with Gasteiger partial charge in [-0.2, -0.15) is 5.10 Å². The van der Waals surface area contributed by atoms with E-state index >= 15 is 0 Å². The molecule has 0 bridgehead atoms. The van der Waals surface area contributed by atoms with Crippen molar-refractivity contribution in [2.75, 3.05) is 5.32 Å². The summed E-state index contributed by atoms with van der Waals surface area (Å²) in [4.78, 5) is 10.9. The molecule has 0 aliphatic heterocycles. The average molecular weight is 224 g/mol. The first-order valence-electron chi connectivity index (χ1n) is 4.47. The molecule has 5 heteroatoms. The zero-order valence-electron chi connectivity index (χ0n) is 8.41. The second-order valence-electron chi connectivity index (χ2n) is 3.31. The maximum Gasteiger partial charge on any atom is 0.221 e. The highest BCUT2D eigenvalue weighted by Gasteiger charge is 2.09. The van der Waals surface area contributed by atoms with Crippen LogP contribution in [0.1, 0.15) is 6.92 Å². The van der Waals surface area contributed by atoms with Crippen LogP contribution in [0, 0.1) is 0 Å². The van der Waals surface area contributed by atoms with Crippen molar-refractivity contribution >= 4 is 34.1 Å². The van der Waals surface area contributed by atoms with E-state index in [1.54, 1.807) is 16.9 Å². The number of amides is 1. The van der Waals surface area contributed by atoms with Gasteiger partial charge in [0.05, 0.1) is 22.4 Å². The summed E-state index contributed by atoms with van der Waals surface area (Å²) in [5, 5.41) is 8.13. The second kappa shape index (κ2) is 3.55. The van der Waals surface area contributed by atoms with Gasteiger partial charge in [-0.3, -0.25) is 9.48 Å². The van der Waals surface area contributed by atoms with E-state index in [0.29, 0.717) is 10.7 Å². The molecule has 2 rings (SSSR count). The van der Waals surface area contributed by atoms with E-state index in [0.717, 1.165) is 10.9 Å². The fourth-order valence-electron chi connectivity index (χ4n) is 1.48. The number of rotatable bonds is 1. The van der Waals surface area contributed by atoms with Crippen molar-refractivity contribution in [2.24, 2.45) is 7.05 Å². The molecule has 0 radical (unpaired) electrons. The normalized spacial score (nSPS) is 10.6. The Labute approximate surface area is 91.8 Å². The number of hydrogen-bond acceptors (Lipinski definition) is 2. The number of fused-ring (bicyclic) bond motifs is 1. The molecule has 78 valence electrons. The first kappa shape index (κ1) is 9.98. The number of carbonyl (C=O) groups is 1. The van der Waals surface area contributed by atoms with Gasteiger partial charge in [0.1, 0.15) is 0 Å². The standard InChI is InChI=1S/C10H10ClN3O/c1-6(15)13-8-3-4-9-7(10(8)11)5-12-14(9)2/h3-5H,1-2H3,(H,13,15). The number of halogens is 1. The Morgan fingerprint density at radius 1 is 1.53 bits per heavy atom. The maximum atomic E-state index is 10.9. The third-order valence-corrected chi connectivity index (χ3v) is 2.58. The van der Waals surface area contributed by atoms with Gasteiger partial charge in [-0.15, -0.1) is 0 Å². The summed E-state index contributed by atoms with van der Waals surface area (Å²) in [6.45, 7) is 1.45. The third kappa shape index (κ3) is 1.68. The zero-order valence-corrected chi connectivity index (χ0v) is 9.17. The Morgan fingerprint density at radius 3 is 2.93 bits per heavy atom. The molecule has 0 atom stereocenters. The molecule has 1 amide bonds. The van der Waals surface area contributed by atoms with Crippen LogP contribution in [0.5, 0.6) is 0 Å². The predicted octanol–water partition coefficient (Wildman–Crippen LogP) is 2.19. The first-order valence-corrected chi connectivity index (χ1v) is 4.85. The van der Waals surface area contributed by atoms with Gasteiger partial charge in [-0.05, 0) is 12.1 Å². The summed E-state index contributed by atoms with van der Waals surface area (Å²) < 4.78 is 1.73. The SMILES string of the molecule is CC(=O)Nc1ccc2c(cnn2C)c1Cl. The van der Waals surface area contributed by atoms with Crippen LogP contribution >= 0.6 is 11.6 Å². The summed E-state index contributed by atoms with van der Waals surface area (Å²) in [6.07, 6.45) is 1.68. The van der Waals surface area contributed by atoms with Crippen LogP contribution in [0.3, 0.4) is 0 Å². The Kier molecular flexibility index (Phi) is 2.36. The summed E-state index contributed by atoms with van der Waals surface area (Å²) in [7, 11) is 1.84. The van der Waals surface area contributed by atoms with Crippen molar-refractivity contribution < 1.29 is 4.79 Å². The van der Waals surface area contributed by atoms with E-state index in [-0.39, 0.29) is 5.91 Å². The van der Waals surface area contributed by atoms with Crippen LogP contribution in [-0.4, -0.2) is 15.7 Å². The number of carbonyl (C=O) groups excluding carboxylic acids is 1. The first-order chi connectivity index (χ1) is 7.09. The minimum Gasteiger partial charge on any atom is -0.325 e. The lowest BCUT2D eigenvalue weighted by Crippen LogP contribution is -2.06. The molecule has 1 aromatic heterocycles. The summed E-state index contributed by atoms with van der Waals surface area (Å²) >= 11 is 6.13. The van der Waals surface area contributed by atoms with E-state index in [9.17, 15) is 4.79 Å². The molecule has 15 heavy (non-hydrogen) atoms. The summed E-state index contributed by atoms with van der Waals surface area (Å²) in [6, 6.07) is 3.65. The van der Waals surface area contributed by atoms with Gasteiger partial charge >= 0.3 is 0 Å². The number of aryl methyl sites for hydroxylation is 1. The fourth-order valence-corrected chi connectivity index (χ4v) is 1.74. The van der Waals surface area contributed by atoms with E-state index in [2.05, 4.69) is 10.4 Å². The van der Waals surface area contributed by atoms with Crippen molar-refractivity contribution in [1.82, 2.24) is 9.78 Å². The van der Waals surface area contributed by atoms with E-state index in [1.165, 1.54) is 6.92 Å². The maximum absolute atomic E-state index is 10.9. The molecular weight excluding hydrogens is 214 g/mol. The Hall–Kier alpha value is -1.55. The summed E-state index contributed by atoms with van der Waals surface area (Å²) in [5.41, 5.74) is 1.55. The van der Waals surface area contributed by atoms with Gasteiger partial charge in [0.15, 0.2) is 0 Å². The predicted molar refractivity (Wildman–Crippen MR) is 60.0 cm³/mol. The lowest BCUT2D eigenvalue weighted by atomic mass is 10.2. The van der Waals surface area contributed by atoms with E-state index in [1.807, 2.05) is 13.1 Å². The second-order valence-corrected chi connectivity index (χ2v) is 3.69. The molecule has 0 aliphatic carbocycles. The lowest BCUT2D eigenvalue weighted by molar-refractivity contribution is -0.114. The van der Waals surface area contributed by atoms with Gasteiger partial charge in [0, 0.05) is 19.4 Å². The smallest absolute Gasteiger partial charge is 0.221 e. The highest BCUT2D eigenvalue weighted by atomic mass is 35.5. The van der Waals surface area contributed by atoms with Gasteiger partial charge < -0.3 is 5.32 Å². The molecule has 0 fully saturated rings. The van der Waals surface area contributed by atoms with Crippen molar-refractivity contribution in [1.29, 1.82) is 0 Å². The Morgan fingerprint density at radius 2 is 2.27 bits per heavy atom. The van der Waals surface area contributed by atoms with Gasteiger partial charge in [-0.25, -0.2) is 0 Å². The molecule has 1 heterocycles. The molecule has 0 saturated carbocycles. The molecule has 4 nitrogen and oxygen atoms in total. The van der Waals surface area contributed by atoms with Gasteiger partial charge in [0.25, 0.3) is 0 Å². The number of nitrogens with zero attached hydrogens (tertiary/aromatic N) is 2. The van der Waals surface area contributed by atoms with E-state index in [4.69, 9.17) is 11.6 Å². The number of hydrogen-bond donors (Lipinski definition) is 1. The van der Waals surface area contributed by atoms with Crippen LogP contribution in [0.25, 0.3) is 10.9 Å². The van der Waals surface area contributed by atoms with Crippen molar-refractivity contribution in [3.63, 3.8) is 0 Å². The van der Waals surface area contributed by atoms with Crippen LogP contribution in [0.2, 0.25) is 5.02 Å². The van der Waals surface area contributed by atoms with Crippen molar-refractivity contribution in [3.8, 4) is 0 Å². The monoisotopic (exact) mass is 223 g/mol. The third-order valence-electron chi connectivity index (χ3n) is 2.18. The van der Waals surface area contributed by atoms with Crippen LogP contribution < -0.4 is 5.32 Å². The molecule has 0 aliphatic rings. The molecular formula is C10H10ClN3O. The minimum atomic E-state index is -0.139. The van der Waals surface area contributed by atoms with Gasteiger partial charge in [-0.1, -0.05) is 11.6 Å². The average Bonchev–Trinajstić information content (AvgIpc) is 2.53. The Balaban J connectivity index is 2.60. The van der Waals surface area contributed by atoms with Crippen molar-refractivity contribution in [3.05, 3.63) is 23.4 Å².